The molecule has 0 aliphatic rings. The molecule has 0 spiro atoms. The van der Waals surface area contributed by atoms with Crippen LogP contribution in [0.3, 0.4) is 0 Å². The fourth-order valence-corrected chi connectivity index (χ4v) is 2.17. The molecule has 2 rings (SSSR count). The monoisotopic (exact) mass is 351 g/mol. The van der Waals surface area contributed by atoms with Crippen LogP contribution >= 0.6 is 15.9 Å². The lowest BCUT2D eigenvalue weighted by Gasteiger charge is -2.10. The van der Waals surface area contributed by atoms with Crippen LogP contribution in [0.25, 0.3) is 0 Å². The number of aromatic carboxylic acids is 1. The Balaban J connectivity index is 2.27. The van der Waals surface area contributed by atoms with Crippen LogP contribution in [-0.2, 0) is 0 Å². The average Bonchev–Trinajstić information content (AvgIpc) is 2.40. The number of aromatic nitrogens is 2. The quantitative estimate of drug-likeness (QED) is 0.858. The van der Waals surface area contributed by atoms with Crippen molar-refractivity contribution in [3.05, 3.63) is 40.0 Å². The smallest absolute Gasteiger partial charge is 0.335 e. The van der Waals surface area contributed by atoms with Crippen molar-refractivity contribution < 1.29 is 14.6 Å². The molecule has 0 saturated carbocycles. The summed E-state index contributed by atoms with van der Waals surface area (Å²) in [5.41, 5.74) is 1.65. The molecular weight excluding hydrogens is 338 g/mol. The Kier molecular flexibility index (Phi) is 4.74. The first-order valence-corrected chi connectivity index (χ1v) is 7.07. The van der Waals surface area contributed by atoms with Gasteiger partial charge in [0.05, 0.1) is 17.9 Å². The SMILES string of the molecule is CCOc1cc(C)nc(Nc2ccc(C(=O)O)cc2Br)n1. The maximum Gasteiger partial charge on any atom is 0.335 e. The second-order valence-corrected chi connectivity index (χ2v) is 5.08. The second-order valence-electron chi connectivity index (χ2n) is 4.23. The molecule has 2 aromatic rings. The predicted octanol–water partition coefficient (Wildman–Crippen LogP) is 3.39. The largest absolute Gasteiger partial charge is 0.478 e. The lowest BCUT2D eigenvalue weighted by atomic mass is 10.2. The summed E-state index contributed by atoms with van der Waals surface area (Å²) in [6.07, 6.45) is 0. The molecule has 0 radical (unpaired) electrons. The number of carboxylic acids is 1. The number of halogens is 1. The second kappa shape index (κ2) is 6.53. The molecule has 0 amide bonds. The van der Waals surface area contributed by atoms with Crippen LogP contribution in [0.15, 0.2) is 28.7 Å². The topological polar surface area (TPSA) is 84.3 Å². The van der Waals surface area contributed by atoms with Crippen LogP contribution in [0, 0.1) is 6.92 Å². The first kappa shape index (κ1) is 15.2. The van der Waals surface area contributed by atoms with Crippen LogP contribution in [0.5, 0.6) is 5.88 Å². The van der Waals surface area contributed by atoms with Crippen LogP contribution < -0.4 is 10.1 Å². The van der Waals surface area contributed by atoms with Gasteiger partial charge in [-0.25, -0.2) is 9.78 Å². The number of ether oxygens (including phenoxy) is 1. The molecule has 1 heterocycles. The van der Waals surface area contributed by atoms with E-state index < -0.39 is 5.97 Å². The number of anilines is 2. The van der Waals surface area contributed by atoms with Crippen molar-refractivity contribution in [1.29, 1.82) is 0 Å². The maximum absolute atomic E-state index is 10.9. The zero-order chi connectivity index (χ0) is 15.4. The lowest BCUT2D eigenvalue weighted by molar-refractivity contribution is 0.0697. The third-order valence-electron chi connectivity index (χ3n) is 2.59. The third kappa shape index (κ3) is 3.91. The van der Waals surface area contributed by atoms with Gasteiger partial charge in [-0.05, 0) is 48.0 Å². The van der Waals surface area contributed by atoms with Gasteiger partial charge in [0.15, 0.2) is 0 Å². The van der Waals surface area contributed by atoms with E-state index in [1.807, 2.05) is 13.8 Å². The van der Waals surface area contributed by atoms with Crippen molar-refractivity contribution in [3.8, 4) is 5.88 Å². The van der Waals surface area contributed by atoms with Crippen LogP contribution in [0.4, 0.5) is 11.6 Å². The summed E-state index contributed by atoms with van der Waals surface area (Å²) in [5, 5.41) is 12.0. The number of rotatable bonds is 5. The van der Waals surface area contributed by atoms with Crippen molar-refractivity contribution in [2.45, 2.75) is 13.8 Å². The number of nitrogens with zero attached hydrogens (tertiary/aromatic N) is 2. The zero-order valence-corrected chi connectivity index (χ0v) is 13.1. The van der Waals surface area contributed by atoms with E-state index in [1.165, 1.54) is 12.1 Å². The van der Waals surface area contributed by atoms with Crippen molar-refractivity contribution in [2.75, 3.05) is 11.9 Å². The summed E-state index contributed by atoms with van der Waals surface area (Å²) in [6, 6.07) is 6.43. The number of carbonyl (C=O) groups is 1. The van der Waals surface area contributed by atoms with Gasteiger partial charge in [0, 0.05) is 16.2 Å². The zero-order valence-electron chi connectivity index (χ0n) is 11.6. The average molecular weight is 352 g/mol. The van der Waals surface area contributed by atoms with Gasteiger partial charge in [0.1, 0.15) is 0 Å². The molecule has 0 atom stereocenters. The molecule has 110 valence electrons. The number of hydrogen-bond acceptors (Lipinski definition) is 5. The summed E-state index contributed by atoms with van der Waals surface area (Å²) in [6.45, 7) is 4.25. The molecule has 6 nitrogen and oxygen atoms in total. The van der Waals surface area contributed by atoms with E-state index in [0.717, 1.165) is 5.69 Å². The highest BCUT2D eigenvalue weighted by atomic mass is 79.9. The van der Waals surface area contributed by atoms with E-state index in [1.54, 1.807) is 12.1 Å². The highest BCUT2D eigenvalue weighted by molar-refractivity contribution is 9.10. The van der Waals surface area contributed by atoms with Crippen LogP contribution in [-0.4, -0.2) is 27.7 Å². The Bertz CT molecular complexity index is 677. The molecule has 0 aliphatic heterocycles. The summed E-state index contributed by atoms with van der Waals surface area (Å²) in [7, 11) is 0. The highest BCUT2D eigenvalue weighted by Gasteiger charge is 2.09. The molecule has 0 bridgehead atoms. The number of hydrogen-bond donors (Lipinski definition) is 2. The first-order valence-electron chi connectivity index (χ1n) is 6.28. The molecule has 7 heteroatoms. The van der Waals surface area contributed by atoms with Crippen molar-refractivity contribution in [3.63, 3.8) is 0 Å². The fourth-order valence-electron chi connectivity index (χ4n) is 1.69. The minimum absolute atomic E-state index is 0.201. The van der Waals surface area contributed by atoms with Crippen molar-refractivity contribution in [2.24, 2.45) is 0 Å². The Morgan fingerprint density at radius 2 is 2.14 bits per heavy atom. The number of nitrogens with one attached hydrogen (secondary N) is 1. The normalized spacial score (nSPS) is 10.2. The molecular formula is C14H14BrN3O3. The summed E-state index contributed by atoms with van der Waals surface area (Å²) in [4.78, 5) is 19.4. The minimum Gasteiger partial charge on any atom is -0.478 e. The predicted molar refractivity (Wildman–Crippen MR) is 82.3 cm³/mol. The van der Waals surface area contributed by atoms with E-state index in [0.29, 0.717) is 28.6 Å². The Morgan fingerprint density at radius 1 is 1.38 bits per heavy atom. The molecule has 0 fully saturated rings. The minimum atomic E-state index is -0.979. The van der Waals surface area contributed by atoms with Gasteiger partial charge in [-0.1, -0.05) is 0 Å². The van der Waals surface area contributed by atoms with E-state index >= 15 is 0 Å². The Morgan fingerprint density at radius 3 is 2.76 bits per heavy atom. The Labute approximate surface area is 130 Å². The van der Waals surface area contributed by atoms with Gasteiger partial charge >= 0.3 is 5.97 Å². The van der Waals surface area contributed by atoms with Gasteiger partial charge in [-0.2, -0.15) is 4.98 Å². The summed E-state index contributed by atoms with van der Waals surface area (Å²) < 4.78 is 5.98. The van der Waals surface area contributed by atoms with Gasteiger partial charge in [-0.15, -0.1) is 0 Å². The van der Waals surface area contributed by atoms with Crippen molar-refractivity contribution in [1.82, 2.24) is 9.97 Å². The first-order chi connectivity index (χ1) is 9.99. The number of aryl methyl sites for hydroxylation is 1. The lowest BCUT2D eigenvalue weighted by Crippen LogP contribution is -2.03. The molecule has 0 aliphatic carbocycles. The van der Waals surface area contributed by atoms with Crippen molar-refractivity contribution >= 4 is 33.5 Å². The summed E-state index contributed by atoms with van der Waals surface area (Å²) >= 11 is 3.33. The fraction of sp³-hybridized carbons (Fsp3) is 0.214. The standard InChI is InChI=1S/C14H14BrN3O3/c1-3-21-12-6-8(2)16-14(18-12)17-11-5-4-9(13(19)20)7-10(11)15/h4-7H,3H2,1-2H3,(H,19,20)(H,16,17,18). The highest BCUT2D eigenvalue weighted by Crippen LogP contribution is 2.26. The van der Waals surface area contributed by atoms with E-state index in [9.17, 15) is 4.79 Å². The maximum atomic E-state index is 10.9. The van der Waals surface area contributed by atoms with Crippen LogP contribution in [0.1, 0.15) is 23.0 Å². The van der Waals surface area contributed by atoms with Gasteiger partial charge in [0.25, 0.3) is 0 Å². The Hall–Kier alpha value is -2.15. The molecule has 1 aromatic heterocycles. The summed E-state index contributed by atoms with van der Waals surface area (Å²) in [5.74, 6) is -0.0966. The third-order valence-corrected chi connectivity index (χ3v) is 3.24. The molecule has 1 aromatic carbocycles. The molecule has 21 heavy (non-hydrogen) atoms. The van der Waals surface area contributed by atoms with E-state index in [-0.39, 0.29) is 5.56 Å². The van der Waals surface area contributed by atoms with Gasteiger partial charge < -0.3 is 15.2 Å². The van der Waals surface area contributed by atoms with Crippen LogP contribution in [0.2, 0.25) is 0 Å². The molecule has 0 unspecified atom stereocenters. The van der Waals surface area contributed by atoms with Gasteiger partial charge in [0.2, 0.25) is 11.8 Å². The van der Waals surface area contributed by atoms with Gasteiger partial charge in [-0.3, -0.25) is 0 Å². The molecule has 0 saturated heterocycles. The molecule has 2 N–H and O–H groups in total. The van der Waals surface area contributed by atoms with E-state index in [2.05, 4.69) is 31.2 Å². The number of benzene rings is 1. The number of carboxylic acid groups (broad SMARTS) is 1. The van der Waals surface area contributed by atoms with E-state index in [4.69, 9.17) is 9.84 Å².